The molecule has 0 bridgehead atoms. The van der Waals surface area contributed by atoms with Gasteiger partial charge in [-0.05, 0) is 6.42 Å². The first-order chi connectivity index (χ1) is 4.24. The van der Waals surface area contributed by atoms with E-state index in [1.54, 1.807) is 0 Å². The van der Waals surface area contributed by atoms with Crippen molar-refractivity contribution in [2.24, 2.45) is 5.92 Å². The van der Waals surface area contributed by atoms with Crippen LogP contribution in [0.3, 0.4) is 0 Å². The molecular weight excluding hydrogens is 123 g/mol. The van der Waals surface area contributed by atoms with Gasteiger partial charge in [0.2, 0.25) is 0 Å². The Hall–Kier alpha value is -0.730. The molecular formula is C6H7FO2. The molecule has 0 heterocycles. The first kappa shape index (κ1) is 6.39. The van der Waals surface area contributed by atoms with Crippen molar-refractivity contribution in [1.29, 1.82) is 0 Å². The molecule has 0 aromatic rings. The van der Waals surface area contributed by atoms with E-state index in [1.807, 2.05) is 0 Å². The third-order valence-corrected chi connectivity index (χ3v) is 1.51. The quantitative estimate of drug-likeness (QED) is 0.382. The van der Waals surface area contributed by atoms with Crippen LogP contribution in [0, 0.1) is 5.92 Å². The first-order valence-corrected chi connectivity index (χ1v) is 2.86. The number of carbonyl (C=O) groups is 2. The molecule has 1 fully saturated rings. The summed E-state index contributed by atoms with van der Waals surface area (Å²) in [4.78, 5) is 20.5. The SMILES string of the molecule is O=CC1CC(F)CC1=O. The lowest BCUT2D eigenvalue weighted by Gasteiger charge is -1.91. The number of hydrogen-bond acceptors (Lipinski definition) is 2. The minimum absolute atomic E-state index is 0.0661. The number of rotatable bonds is 1. The maximum atomic E-state index is 12.2. The second-order valence-electron chi connectivity index (χ2n) is 2.25. The van der Waals surface area contributed by atoms with E-state index in [9.17, 15) is 14.0 Å². The number of halogens is 1. The molecule has 0 aromatic carbocycles. The van der Waals surface area contributed by atoms with Crippen LogP contribution in [0.25, 0.3) is 0 Å². The Morgan fingerprint density at radius 2 is 2.33 bits per heavy atom. The van der Waals surface area contributed by atoms with Crippen LogP contribution in [-0.4, -0.2) is 18.2 Å². The number of hydrogen-bond donors (Lipinski definition) is 0. The molecule has 1 saturated carbocycles. The maximum absolute atomic E-state index is 12.2. The molecule has 2 nitrogen and oxygen atoms in total. The topological polar surface area (TPSA) is 34.1 Å². The largest absolute Gasteiger partial charge is 0.303 e. The van der Waals surface area contributed by atoms with Gasteiger partial charge in [0.25, 0.3) is 0 Å². The lowest BCUT2D eigenvalue weighted by Crippen LogP contribution is -2.06. The van der Waals surface area contributed by atoms with E-state index < -0.39 is 12.1 Å². The van der Waals surface area contributed by atoms with E-state index in [-0.39, 0.29) is 18.6 Å². The Kier molecular flexibility index (Phi) is 1.60. The summed E-state index contributed by atoms with van der Waals surface area (Å²) in [5.41, 5.74) is 0. The van der Waals surface area contributed by atoms with Crippen LogP contribution in [0.15, 0.2) is 0 Å². The lowest BCUT2D eigenvalue weighted by atomic mass is 10.1. The molecule has 0 aliphatic heterocycles. The summed E-state index contributed by atoms with van der Waals surface area (Å²) in [5, 5.41) is 0. The van der Waals surface area contributed by atoms with Gasteiger partial charge in [-0.2, -0.15) is 0 Å². The van der Waals surface area contributed by atoms with Gasteiger partial charge in [0.1, 0.15) is 18.2 Å². The van der Waals surface area contributed by atoms with E-state index in [1.165, 1.54) is 0 Å². The highest BCUT2D eigenvalue weighted by Crippen LogP contribution is 2.22. The molecule has 0 radical (unpaired) electrons. The highest BCUT2D eigenvalue weighted by atomic mass is 19.1. The summed E-state index contributed by atoms with van der Waals surface area (Å²) in [6.07, 6.45) is -0.513. The number of alkyl halides is 1. The van der Waals surface area contributed by atoms with Gasteiger partial charge in [0.15, 0.2) is 0 Å². The van der Waals surface area contributed by atoms with Gasteiger partial charge in [0, 0.05) is 6.42 Å². The van der Waals surface area contributed by atoms with Crippen LogP contribution in [0.2, 0.25) is 0 Å². The van der Waals surface area contributed by atoms with Gasteiger partial charge in [-0.3, -0.25) is 4.79 Å². The lowest BCUT2D eigenvalue weighted by molar-refractivity contribution is -0.125. The number of carbonyl (C=O) groups excluding carboxylic acids is 2. The molecule has 9 heavy (non-hydrogen) atoms. The maximum Gasteiger partial charge on any atom is 0.146 e. The summed E-state index contributed by atoms with van der Waals surface area (Å²) >= 11 is 0. The second kappa shape index (κ2) is 2.25. The Bertz CT molecular complexity index is 144. The van der Waals surface area contributed by atoms with Crippen LogP contribution < -0.4 is 0 Å². The molecule has 0 aromatic heterocycles. The standard InChI is InChI=1S/C6H7FO2/c7-5-1-4(3-8)6(9)2-5/h3-5H,1-2H2. The van der Waals surface area contributed by atoms with Crippen LogP contribution in [0.1, 0.15) is 12.8 Å². The van der Waals surface area contributed by atoms with Gasteiger partial charge in [0.05, 0.1) is 5.92 Å². The third-order valence-electron chi connectivity index (χ3n) is 1.51. The summed E-state index contributed by atoms with van der Waals surface area (Å²) in [7, 11) is 0. The number of ketones is 1. The van der Waals surface area contributed by atoms with E-state index in [0.717, 1.165) is 0 Å². The monoisotopic (exact) mass is 130 g/mol. The molecule has 1 aliphatic rings. The van der Waals surface area contributed by atoms with Crippen LogP contribution in [-0.2, 0) is 9.59 Å². The molecule has 1 rings (SSSR count). The zero-order valence-corrected chi connectivity index (χ0v) is 4.84. The first-order valence-electron chi connectivity index (χ1n) is 2.86. The molecule has 2 atom stereocenters. The highest BCUT2D eigenvalue weighted by Gasteiger charge is 2.31. The number of Topliss-reactive ketones (excluding diaryl/α,β-unsaturated/α-hetero) is 1. The average molecular weight is 130 g/mol. The minimum atomic E-state index is -1.08. The smallest absolute Gasteiger partial charge is 0.146 e. The molecule has 2 unspecified atom stereocenters. The van der Waals surface area contributed by atoms with Crippen molar-refractivity contribution in [3.63, 3.8) is 0 Å². The van der Waals surface area contributed by atoms with Crippen molar-refractivity contribution in [3.8, 4) is 0 Å². The normalized spacial score (nSPS) is 35.0. The molecule has 0 N–H and O–H groups in total. The van der Waals surface area contributed by atoms with Crippen molar-refractivity contribution >= 4 is 12.1 Å². The molecule has 3 heteroatoms. The van der Waals surface area contributed by atoms with Gasteiger partial charge < -0.3 is 4.79 Å². The van der Waals surface area contributed by atoms with E-state index in [0.29, 0.717) is 6.29 Å². The van der Waals surface area contributed by atoms with Crippen molar-refractivity contribution in [2.45, 2.75) is 19.0 Å². The zero-order chi connectivity index (χ0) is 6.85. The van der Waals surface area contributed by atoms with Crippen LogP contribution >= 0.6 is 0 Å². The van der Waals surface area contributed by atoms with Crippen molar-refractivity contribution in [2.75, 3.05) is 0 Å². The van der Waals surface area contributed by atoms with Crippen molar-refractivity contribution < 1.29 is 14.0 Å². The van der Waals surface area contributed by atoms with Crippen LogP contribution in [0.4, 0.5) is 4.39 Å². The van der Waals surface area contributed by atoms with E-state index in [2.05, 4.69) is 0 Å². The van der Waals surface area contributed by atoms with Gasteiger partial charge in [-0.15, -0.1) is 0 Å². The highest BCUT2D eigenvalue weighted by molar-refractivity contribution is 5.95. The molecule has 50 valence electrons. The van der Waals surface area contributed by atoms with Crippen molar-refractivity contribution in [1.82, 2.24) is 0 Å². The fraction of sp³-hybridized carbons (Fsp3) is 0.667. The summed E-state index contributed by atoms with van der Waals surface area (Å²) in [6, 6.07) is 0. The molecule has 0 saturated heterocycles. The molecule has 0 amide bonds. The Morgan fingerprint density at radius 1 is 1.67 bits per heavy atom. The Morgan fingerprint density at radius 3 is 2.56 bits per heavy atom. The molecule has 1 aliphatic carbocycles. The fourth-order valence-electron chi connectivity index (χ4n) is 0.991. The Labute approximate surface area is 52.0 Å². The third kappa shape index (κ3) is 1.15. The van der Waals surface area contributed by atoms with Crippen LogP contribution in [0.5, 0.6) is 0 Å². The predicted molar refractivity (Wildman–Crippen MR) is 28.7 cm³/mol. The van der Waals surface area contributed by atoms with Crippen molar-refractivity contribution in [3.05, 3.63) is 0 Å². The molecule has 0 spiro atoms. The predicted octanol–water partition coefficient (Wildman–Crippen LogP) is 0.502. The summed E-state index contributed by atoms with van der Waals surface area (Å²) in [5.74, 6) is -0.905. The summed E-state index contributed by atoms with van der Waals surface area (Å²) in [6.45, 7) is 0. The number of aldehydes is 1. The average Bonchev–Trinajstić information content (AvgIpc) is 2.10. The minimum Gasteiger partial charge on any atom is -0.303 e. The summed E-state index contributed by atoms with van der Waals surface area (Å²) < 4.78 is 12.2. The second-order valence-corrected chi connectivity index (χ2v) is 2.25. The van der Waals surface area contributed by atoms with E-state index >= 15 is 0 Å². The van der Waals surface area contributed by atoms with Gasteiger partial charge in [-0.1, -0.05) is 0 Å². The van der Waals surface area contributed by atoms with E-state index in [4.69, 9.17) is 0 Å². The zero-order valence-electron chi connectivity index (χ0n) is 4.84. The van der Waals surface area contributed by atoms with Gasteiger partial charge in [-0.25, -0.2) is 4.39 Å². The Balaban J connectivity index is 2.57. The fourth-order valence-corrected chi connectivity index (χ4v) is 0.991. The van der Waals surface area contributed by atoms with Gasteiger partial charge >= 0.3 is 0 Å².